The first-order valence-corrected chi connectivity index (χ1v) is 4.67. The fourth-order valence-electron chi connectivity index (χ4n) is 1.90. The molecule has 0 unspecified atom stereocenters. The van der Waals surface area contributed by atoms with Gasteiger partial charge in [0, 0.05) is 23.2 Å². The first kappa shape index (κ1) is 7.56. The van der Waals surface area contributed by atoms with Crippen LogP contribution in [0.2, 0.25) is 0 Å². The van der Waals surface area contributed by atoms with E-state index in [2.05, 4.69) is 35.1 Å². The molecule has 0 aliphatic heterocycles. The number of pyridine rings is 2. The van der Waals surface area contributed by atoms with Crippen LogP contribution in [-0.2, 0) is 0 Å². The average Bonchev–Trinajstić information content (AvgIpc) is 2.59. The summed E-state index contributed by atoms with van der Waals surface area (Å²) in [6.45, 7) is 2.11. The Labute approximate surface area is 81.6 Å². The van der Waals surface area contributed by atoms with Gasteiger partial charge < -0.3 is 4.98 Å². The summed E-state index contributed by atoms with van der Waals surface area (Å²) in [6.07, 6.45) is 3.82. The molecular formula is C12H10N2. The van der Waals surface area contributed by atoms with Gasteiger partial charge in [-0.15, -0.1) is 0 Å². The summed E-state index contributed by atoms with van der Waals surface area (Å²) in [4.78, 5) is 7.51. The lowest BCUT2D eigenvalue weighted by atomic mass is 10.2. The molecule has 2 aromatic heterocycles. The minimum atomic E-state index is 0.950. The molecule has 2 nitrogen and oxygen atoms in total. The molecule has 0 radical (unpaired) electrons. The molecule has 68 valence electrons. The van der Waals surface area contributed by atoms with Gasteiger partial charge in [0.15, 0.2) is 0 Å². The molecule has 0 saturated carbocycles. The zero-order valence-electron chi connectivity index (χ0n) is 7.91. The Bertz CT molecular complexity index is 608. The number of aromatic nitrogens is 2. The van der Waals surface area contributed by atoms with Crippen LogP contribution in [0.4, 0.5) is 0 Å². The van der Waals surface area contributed by atoms with E-state index in [-0.39, 0.29) is 0 Å². The molecule has 0 fully saturated rings. The third kappa shape index (κ3) is 0.940. The van der Waals surface area contributed by atoms with E-state index in [4.69, 9.17) is 0 Å². The number of H-pyrrole nitrogens is 1. The summed E-state index contributed by atoms with van der Waals surface area (Å²) < 4.78 is 0. The van der Waals surface area contributed by atoms with Crippen LogP contribution in [0.5, 0.6) is 0 Å². The molecular weight excluding hydrogens is 172 g/mol. The van der Waals surface area contributed by atoms with Crippen molar-refractivity contribution in [2.45, 2.75) is 6.92 Å². The smallest absolute Gasteiger partial charge is 0.137 e. The van der Waals surface area contributed by atoms with Gasteiger partial charge in [0.25, 0.3) is 0 Å². The molecule has 1 aromatic carbocycles. The van der Waals surface area contributed by atoms with Gasteiger partial charge in [-0.3, -0.25) is 0 Å². The zero-order chi connectivity index (χ0) is 9.54. The second-order valence-corrected chi connectivity index (χ2v) is 3.59. The van der Waals surface area contributed by atoms with Crippen LogP contribution in [-0.4, -0.2) is 9.97 Å². The number of hydrogen-bond donors (Lipinski definition) is 1. The maximum atomic E-state index is 4.37. The van der Waals surface area contributed by atoms with Crippen molar-refractivity contribution in [3.05, 3.63) is 42.2 Å². The summed E-state index contributed by atoms with van der Waals surface area (Å²) in [5.41, 5.74) is 2.24. The second kappa shape index (κ2) is 2.58. The highest BCUT2D eigenvalue weighted by Gasteiger charge is 2.02. The van der Waals surface area contributed by atoms with Crippen LogP contribution in [0.3, 0.4) is 0 Å². The summed E-state index contributed by atoms with van der Waals surface area (Å²) in [5.74, 6) is 0. The van der Waals surface area contributed by atoms with E-state index in [1.54, 1.807) is 0 Å². The van der Waals surface area contributed by atoms with E-state index in [9.17, 15) is 0 Å². The first-order valence-electron chi connectivity index (χ1n) is 4.67. The molecule has 14 heavy (non-hydrogen) atoms. The number of aromatic amines is 1. The SMILES string of the molecule is Cc1cc2cnc3[nH]cccc3c2c1. The van der Waals surface area contributed by atoms with Crippen LogP contribution in [0, 0.1) is 6.92 Å². The van der Waals surface area contributed by atoms with E-state index >= 15 is 0 Å². The highest BCUT2D eigenvalue weighted by atomic mass is 14.8. The Hall–Kier alpha value is -1.83. The van der Waals surface area contributed by atoms with E-state index < -0.39 is 0 Å². The highest BCUT2D eigenvalue weighted by Crippen LogP contribution is 2.24. The number of rotatable bonds is 0. The van der Waals surface area contributed by atoms with E-state index in [0.29, 0.717) is 0 Å². The van der Waals surface area contributed by atoms with Crippen molar-refractivity contribution >= 4 is 21.8 Å². The lowest BCUT2D eigenvalue weighted by molar-refractivity contribution is 1.30. The lowest BCUT2D eigenvalue weighted by Gasteiger charge is -1.97. The number of nitrogens with zero attached hydrogens (tertiary/aromatic N) is 1. The summed E-state index contributed by atoms with van der Waals surface area (Å²) in [7, 11) is 0. The molecule has 3 aromatic rings. The third-order valence-electron chi connectivity index (χ3n) is 2.52. The maximum Gasteiger partial charge on any atom is 0.137 e. The molecule has 0 atom stereocenters. The number of fused-ring (bicyclic) bond motifs is 3. The predicted octanol–water partition coefficient (Wildman–Crippen LogP) is 3.02. The molecule has 0 bridgehead atoms. The van der Waals surface area contributed by atoms with Crippen LogP contribution in [0.1, 0.15) is 5.56 Å². The Morgan fingerprint density at radius 2 is 2.14 bits per heavy atom. The standard InChI is InChI=1S/C12H10N2/c1-8-5-9-7-14-12-10(11(9)6-8)3-2-4-13-12/h2-7H,1H3,(H,13,14). The lowest BCUT2D eigenvalue weighted by Crippen LogP contribution is -1.81. The van der Waals surface area contributed by atoms with E-state index in [1.165, 1.54) is 21.7 Å². The van der Waals surface area contributed by atoms with Crippen LogP contribution >= 0.6 is 0 Å². The molecule has 0 saturated heterocycles. The third-order valence-corrected chi connectivity index (χ3v) is 2.52. The van der Waals surface area contributed by atoms with Gasteiger partial charge in [0.05, 0.1) is 0 Å². The largest absolute Gasteiger partial charge is 0.346 e. The van der Waals surface area contributed by atoms with Crippen LogP contribution in [0.25, 0.3) is 21.8 Å². The molecule has 0 amide bonds. The molecule has 0 aliphatic carbocycles. The fraction of sp³-hybridized carbons (Fsp3) is 0.0833. The Balaban J connectivity index is 2.60. The van der Waals surface area contributed by atoms with E-state index in [1.807, 2.05) is 18.5 Å². The molecule has 2 heterocycles. The van der Waals surface area contributed by atoms with Gasteiger partial charge in [-0.2, -0.15) is 0 Å². The van der Waals surface area contributed by atoms with Gasteiger partial charge in [-0.05, 0) is 36.1 Å². The minimum Gasteiger partial charge on any atom is -0.346 e. The Morgan fingerprint density at radius 3 is 3.07 bits per heavy atom. The predicted molar refractivity (Wildman–Crippen MR) is 58.3 cm³/mol. The molecule has 3 rings (SSSR count). The van der Waals surface area contributed by atoms with Gasteiger partial charge >= 0.3 is 0 Å². The average molecular weight is 182 g/mol. The summed E-state index contributed by atoms with van der Waals surface area (Å²) in [6, 6.07) is 8.47. The minimum absolute atomic E-state index is 0.950. The molecule has 1 N–H and O–H groups in total. The van der Waals surface area contributed by atoms with Crippen molar-refractivity contribution < 1.29 is 0 Å². The monoisotopic (exact) mass is 182 g/mol. The first-order chi connectivity index (χ1) is 6.84. The quantitative estimate of drug-likeness (QED) is 0.568. The summed E-state index contributed by atoms with van der Waals surface area (Å²) in [5, 5.41) is 3.69. The number of hydrogen-bond acceptors (Lipinski definition) is 1. The second-order valence-electron chi connectivity index (χ2n) is 3.59. The van der Waals surface area contributed by atoms with E-state index in [0.717, 1.165) is 5.65 Å². The van der Waals surface area contributed by atoms with Crippen molar-refractivity contribution in [3.8, 4) is 0 Å². The summed E-state index contributed by atoms with van der Waals surface area (Å²) >= 11 is 0. The Kier molecular flexibility index (Phi) is 1.39. The normalized spacial score (nSPS) is 11.2. The fourth-order valence-corrected chi connectivity index (χ4v) is 1.90. The molecule has 2 heteroatoms. The van der Waals surface area contributed by atoms with Crippen molar-refractivity contribution in [2.24, 2.45) is 0 Å². The maximum absolute atomic E-state index is 4.37. The molecule has 0 aliphatic rings. The van der Waals surface area contributed by atoms with Crippen molar-refractivity contribution in [3.63, 3.8) is 0 Å². The highest BCUT2D eigenvalue weighted by molar-refractivity contribution is 6.05. The van der Waals surface area contributed by atoms with Gasteiger partial charge in [-0.1, -0.05) is 6.07 Å². The van der Waals surface area contributed by atoms with Crippen molar-refractivity contribution in [1.82, 2.24) is 9.97 Å². The zero-order valence-corrected chi connectivity index (χ0v) is 7.91. The van der Waals surface area contributed by atoms with Gasteiger partial charge in [-0.25, -0.2) is 4.98 Å². The van der Waals surface area contributed by atoms with Gasteiger partial charge in [0.1, 0.15) is 5.65 Å². The van der Waals surface area contributed by atoms with Gasteiger partial charge in [0.2, 0.25) is 0 Å². The van der Waals surface area contributed by atoms with Crippen molar-refractivity contribution in [2.75, 3.05) is 0 Å². The topological polar surface area (TPSA) is 28.7 Å². The van der Waals surface area contributed by atoms with Crippen LogP contribution < -0.4 is 0 Å². The molecule has 0 spiro atoms. The van der Waals surface area contributed by atoms with Crippen LogP contribution in [0.15, 0.2) is 36.7 Å². The number of nitrogens with one attached hydrogen (secondary N) is 1. The number of aryl methyl sites for hydroxylation is 1. The van der Waals surface area contributed by atoms with Crippen molar-refractivity contribution in [1.29, 1.82) is 0 Å². The Morgan fingerprint density at radius 1 is 1.21 bits per heavy atom.